The Morgan fingerprint density at radius 1 is 1.07 bits per heavy atom. The average molecular weight is 618 g/mol. The molecule has 4 aliphatic rings. The van der Waals surface area contributed by atoms with Crippen LogP contribution in [-0.4, -0.2) is 103 Å². The molecule has 2 aliphatic heterocycles. The van der Waals surface area contributed by atoms with E-state index in [-0.39, 0.29) is 29.9 Å². The largest absolute Gasteiger partial charge is 0.496 e. The number of carbonyl (C=O) groups is 2. The van der Waals surface area contributed by atoms with E-state index in [1.807, 2.05) is 25.1 Å². The predicted octanol–water partition coefficient (Wildman–Crippen LogP) is 4.11. The van der Waals surface area contributed by atoms with Crippen molar-refractivity contribution in [1.29, 1.82) is 0 Å². The molecule has 1 N–H and O–H groups in total. The maximum atomic E-state index is 13.3. The van der Waals surface area contributed by atoms with Crippen LogP contribution in [0.25, 0.3) is 0 Å². The van der Waals surface area contributed by atoms with Crippen molar-refractivity contribution in [2.45, 2.75) is 96.3 Å². The fourth-order valence-electron chi connectivity index (χ4n) is 7.53. The van der Waals surface area contributed by atoms with Gasteiger partial charge in [0, 0.05) is 75.4 Å². The Bertz CT molecular complexity index is 1360. The van der Waals surface area contributed by atoms with Crippen LogP contribution in [0.5, 0.6) is 5.75 Å². The van der Waals surface area contributed by atoms with Gasteiger partial charge >= 0.3 is 0 Å². The van der Waals surface area contributed by atoms with E-state index in [9.17, 15) is 9.59 Å². The average Bonchev–Trinajstić information content (AvgIpc) is 3.87. The van der Waals surface area contributed by atoms with Gasteiger partial charge in [-0.05, 0) is 76.8 Å². The van der Waals surface area contributed by atoms with Gasteiger partial charge in [-0.2, -0.15) is 0 Å². The van der Waals surface area contributed by atoms with Crippen LogP contribution in [-0.2, 0) is 11.2 Å². The lowest BCUT2D eigenvalue weighted by atomic mass is 9.89. The van der Waals surface area contributed by atoms with Crippen molar-refractivity contribution in [2.24, 2.45) is 5.92 Å². The molecule has 0 radical (unpaired) electrons. The zero-order chi connectivity index (χ0) is 31.7. The zero-order valence-electron chi connectivity index (χ0n) is 27.8. The molecule has 6 rings (SSSR count). The molecule has 10 nitrogen and oxygen atoms in total. The van der Waals surface area contributed by atoms with Crippen molar-refractivity contribution >= 4 is 23.3 Å². The Morgan fingerprint density at radius 3 is 2.44 bits per heavy atom. The van der Waals surface area contributed by atoms with Crippen molar-refractivity contribution in [2.75, 3.05) is 56.7 Å². The van der Waals surface area contributed by atoms with Crippen LogP contribution in [0.15, 0.2) is 24.4 Å². The van der Waals surface area contributed by atoms with Gasteiger partial charge in [0.2, 0.25) is 5.91 Å². The number of rotatable bonds is 10. The molecule has 45 heavy (non-hydrogen) atoms. The highest BCUT2D eigenvalue weighted by atomic mass is 16.5. The van der Waals surface area contributed by atoms with E-state index in [1.54, 1.807) is 25.3 Å². The minimum absolute atomic E-state index is 0.0482. The number of ether oxygens (including phenoxy) is 1. The number of anilines is 2. The van der Waals surface area contributed by atoms with Gasteiger partial charge in [0.05, 0.1) is 13.3 Å². The first-order chi connectivity index (χ1) is 21.7. The summed E-state index contributed by atoms with van der Waals surface area (Å²) in [6.07, 6.45) is 10.1. The maximum Gasteiger partial charge on any atom is 0.251 e. The lowest BCUT2D eigenvalue weighted by Crippen LogP contribution is -2.55. The molecule has 2 aliphatic carbocycles. The Kier molecular flexibility index (Phi) is 9.61. The SMILES string of the molecule is CC[C@@H]1C(=O)N(C)c2cnc(Cc3ccc(C(=O)NC4CCC(N5CCN(CC6CC6)CC5)CC4)cc3OC)nc2N1C(C)C. The molecule has 3 fully saturated rings. The Balaban J connectivity index is 1.06. The lowest BCUT2D eigenvalue weighted by Gasteiger charge is -2.42. The Morgan fingerprint density at radius 2 is 1.80 bits per heavy atom. The first-order valence-corrected chi connectivity index (χ1v) is 17.1. The number of hydrogen-bond donors (Lipinski definition) is 1. The summed E-state index contributed by atoms with van der Waals surface area (Å²) in [4.78, 5) is 45.0. The van der Waals surface area contributed by atoms with Crippen LogP contribution in [0.3, 0.4) is 0 Å². The molecule has 0 spiro atoms. The quantitative estimate of drug-likeness (QED) is 0.426. The second-order valence-corrected chi connectivity index (χ2v) is 13.8. The summed E-state index contributed by atoms with van der Waals surface area (Å²) >= 11 is 0. The number of carbonyl (C=O) groups excluding carboxylic acids is 2. The number of aromatic nitrogens is 2. The summed E-state index contributed by atoms with van der Waals surface area (Å²) in [5.41, 5.74) is 2.24. The monoisotopic (exact) mass is 617 g/mol. The van der Waals surface area contributed by atoms with Crippen molar-refractivity contribution in [3.8, 4) is 5.75 Å². The van der Waals surface area contributed by atoms with E-state index in [2.05, 4.69) is 38.8 Å². The van der Waals surface area contributed by atoms with E-state index < -0.39 is 0 Å². The van der Waals surface area contributed by atoms with Crippen LogP contribution in [0, 0.1) is 5.92 Å². The molecular formula is C35H51N7O3. The number of nitrogens with zero attached hydrogens (tertiary/aromatic N) is 6. The number of amides is 2. The number of fused-ring (bicyclic) bond motifs is 1. The summed E-state index contributed by atoms with van der Waals surface area (Å²) in [6, 6.07) is 6.37. The first-order valence-electron chi connectivity index (χ1n) is 17.1. The summed E-state index contributed by atoms with van der Waals surface area (Å²) in [5.74, 6) is 3.06. The van der Waals surface area contributed by atoms with Gasteiger partial charge in [-0.3, -0.25) is 14.5 Å². The molecule has 1 aromatic heterocycles. The van der Waals surface area contributed by atoms with Crippen molar-refractivity contribution in [3.63, 3.8) is 0 Å². The van der Waals surface area contributed by atoms with Crippen LogP contribution in [0.4, 0.5) is 11.5 Å². The molecular weight excluding hydrogens is 566 g/mol. The second-order valence-electron chi connectivity index (χ2n) is 13.8. The predicted molar refractivity (Wildman–Crippen MR) is 177 cm³/mol. The van der Waals surface area contributed by atoms with E-state index in [1.165, 1.54) is 45.6 Å². The standard InChI is InChI=1S/C35H51N7O3/c1-6-29-35(44)39(4)30-21-36-32(38-33(30)42(29)23(2)3)20-25-9-10-26(19-31(25)45-5)34(43)37-27-11-13-28(14-12-27)41-17-15-40(16-18-41)22-24-7-8-24/h9-10,19,21,23-24,27-29H,6-8,11-18,20,22H2,1-5H3,(H,37,43)/t27?,28?,29-/m1/s1. The van der Waals surface area contributed by atoms with Gasteiger partial charge in [-0.1, -0.05) is 13.0 Å². The number of hydrogen-bond acceptors (Lipinski definition) is 8. The Hall–Kier alpha value is -3.24. The lowest BCUT2D eigenvalue weighted by molar-refractivity contribution is -0.120. The first kappa shape index (κ1) is 31.7. The van der Waals surface area contributed by atoms with Crippen LogP contribution in [0.1, 0.15) is 87.5 Å². The molecule has 244 valence electrons. The molecule has 2 aromatic rings. The van der Waals surface area contributed by atoms with Crippen LogP contribution >= 0.6 is 0 Å². The highest BCUT2D eigenvalue weighted by Gasteiger charge is 2.38. The number of likely N-dealkylation sites (N-methyl/N-ethyl adjacent to an activating group) is 1. The summed E-state index contributed by atoms with van der Waals surface area (Å²) in [6.45, 7) is 12.3. The molecule has 1 saturated heterocycles. The number of benzene rings is 1. The zero-order valence-corrected chi connectivity index (χ0v) is 27.8. The van der Waals surface area contributed by atoms with E-state index in [0.29, 0.717) is 36.0 Å². The number of methoxy groups -OCH3 is 1. The van der Waals surface area contributed by atoms with Gasteiger partial charge < -0.3 is 24.8 Å². The van der Waals surface area contributed by atoms with Gasteiger partial charge in [-0.15, -0.1) is 0 Å². The van der Waals surface area contributed by atoms with Crippen molar-refractivity contribution in [1.82, 2.24) is 25.1 Å². The summed E-state index contributed by atoms with van der Waals surface area (Å²) in [5, 5.41) is 3.30. The van der Waals surface area contributed by atoms with Gasteiger partial charge in [0.15, 0.2) is 5.82 Å². The van der Waals surface area contributed by atoms with E-state index in [0.717, 1.165) is 48.7 Å². The topological polar surface area (TPSA) is 94.1 Å². The fraction of sp³-hybridized carbons (Fsp3) is 0.657. The van der Waals surface area contributed by atoms with Crippen molar-refractivity contribution < 1.29 is 14.3 Å². The van der Waals surface area contributed by atoms with Crippen molar-refractivity contribution in [3.05, 3.63) is 41.3 Å². The third-order valence-electron chi connectivity index (χ3n) is 10.4. The molecule has 10 heteroatoms. The number of nitrogens with one attached hydrogen (secondary N) is 1. The number of piperazine rings is 1. The van der Waals surface area contributed by atoms with Gasteiger partial charge in [0.1, 0.15) is 23.3 Å². The molecule has 0 bridgehead atoms. The highest BCUT2D eigenvalue weighted by Crippen LogP contribution is 2.36. The van der Waals surface area contributed by atoms with Gasteiger partial charge in [0.25, 0.3) is 5.91 Å². The molecule has 3 heterocycles. The normalized spacial score (nSPS) is 24.6. The Labute approximate surface area is 268 Å². The molecule has 2 saturated carbocycles. The minimum atomic E-state index is -0.250. The molecule has 0 unspecified atom stereocenters. The van der Waals surface area contributed by atoms with E-state index in [4.69, 9.17) is 9.72 Å². The smallest absolute Gasteiger partial charge is 0.251 e. The molecule has 1 atom stereocenters. The molecule has 2 amide bonds. The molecule has 1 aromatic carbocycles. The summed E-state index contributed by atoms with van der Waals surface area (Å²) in [7, 11) is 3.43. The highest BCUT2D eigenvalue weighted by molar-refractivity contribution is 6.04. The van der Waals surface area contributed by atoms with Crippen LogP contribution < -0.4 is 19.9 Å². The van der Waals surface area contributed by atoms with Gasteiger partial charge in [-0.25, -0.2) is 9.97 Å². The maximum absolute atomic E-state index is 13.3. The van der Waals surface area contributed by atoms with Crippen LogP contribution in [0.2, 0.25) is 0 Å². The third kappa shape index (κ3) is 6.97. The third-order valence-corrected chi connectivity index (χ3v) is 10.4. The summed E-state index contributed by atoms with van der Waals surface area (Å²) < 4.78 is 5.74. The second kappa shape index (κ2) is 13.6. The minimum Gasteiger partial charge on any atom is -0.496 e. The fourth-order valence-corrected chi connectivity index (χ4v) is 7.53. The van der Waals surface area contributed by atoms with E-state index >= 15 is 0 Å².